The Morgan fingerprint density at radius 1 is 1.03 bits per heavy atom. The van der Waals surface area contributed by atoms with E-state index >= 15 is 0 Å². The molecule has 0 spiro atoms. The van der Waals surface area contributed by atoms with Crippen LogP contribution in [0.5, 0.6) is 11.6 Å². The predicted octanol–water partition coefficient (Wildman–Crippen LogP) is 5.42. The summed E-state index contributed by atoms with van der Waals surface area (Å²) < 4.78 is 38.4. The van der Waals surface area contributed by atoms with E-state index in [1.165, 1.54) is 49.7 Å². The average Bonchev–Trinajstić information content (AvgIpc) is 2.71. The van der Waals surface area contributed by atoms with Crippen LogP contribution in [0.1, 0.15) is 10.4 Å². The average molecular weight is 488 g/mol. The van der Waals surface area contributed by atoms with Gasteiger partial charge >= 0.3 is 5.97 Å². The number of hydrogen-bond donors (Lipinski definition) is 1. The fourth-order valence-electron chi connectivity index (χ4n) is 2.37. The highest BCUT2D eigenvalue weighted by atomic mass is 35.5. The monoisotopic (exact) mass is 486 g/mol. The zero-order valence-electron chi connectivity index (χ0n) is 15.2. The van der Waals surface area contributed by atoms with E-state index in [0.717, 1.165) is 0 Å². The van der Waals surface area contributed by atoms with Crippen molar-refractivity contribution in [2.75, 3.05) is 11.8 Å². The number of carbonyl (C=O) groups is 1. The molecule has 0 fully saturated rings. The lowest BCUT2D eigenvalue weighted by Gasteiger charge is -2.14. The van der Waals surface area contributed by atoms with Crippen molar-refractivity contribution in [2.45, 2.75) is 4.90 Å². The first kappa shape index (κ1) is 22.2. The van der Waals surface area contributed by atoms with Gasteiger partial charge in [-0.25, -0.2) is 18.2 Å². The number of carbonyl (C=O) groups excluding carboxylic acids is 1. The standard InChI is InChI=1S/C19H13Cl3N2O5S/c1-28-19(25)13-4-2-3-5-17(13)29-18-16(8-11(20)10-23-18)24-30(26,27)12-6-7-14(21)15(22)9-12/h2-10,24H,1H3. The summed E-state index contributed by atoms with van der Waals surface area (Å²) in [6.07, 6.45) is 1.27. The summed E-state index contributed by atoms with van der Waals surface area (Å²) in [6.45, 7) is 0. The number of halogens is 3. The third-order valence-corrected chi connectivity index (χ3v) is 6.07. The van der Waals surface area contributed by atoms with Crippen molar-refractivity contribution in [2.24, 2.45) is 0 Å². The molecule has 0 aliphatic heterocycles. The highest BCUT2D eigenvalue weighted by Gasteiger charge is 2.21. The molecular formula is C19H13Cl3N2O5S. The number of anilines is 1. The van der Waals surface area contributed by atoms with Crippen LogP contribution in [0.3, 0.4) is 0 Å². The number of aromatic nitrogens is 1. The molecule has 156 valence electrons. The van der Waals surface area contributed by atoms with Gasteiger partial charge in [-0.3, -0.25) is 4.72 Å². The minimum absolute atomic E-state index is 0.0479. The third-order valence-electron chi connectivity index (χ3n) is 3.76. The van der Waals surface area contributed by atoms with Crippen molar-refractivity contribution in [1.29, 1.82) is 0 Å². The van der Waals surface area contributed by atoms with E-state index in [1.54, 1.807) is 12.1 Å². The molecule has 0 atom stereocenters. The van der Waals surface area contributed by atoms with Crippen molar-refractivity contribution in [3.63, 3.8) is 0 Å². The quantitative estimate of drug-likeness (QED) is 0.466. The van der Waals surface area contributed by atoms with Crippen LogP contribution in [0.2, 0.25) is 15.1 Å². The predicted molar refractivity (Wildman–Crippen MR) is 114 cm³/mol. The number of esters is 1. The number of nitrogens with one attached hydrogen (secondary N) is 1. The number of benzene rings is 2. The first-order valence-electron chi connectivity index (χ1n) is 8.20. The van der Waals surface area contributed by atoms with E-state index in [1.807, 2.05) is 0 Å². The van der Waals surface area contributed by atoms with Gasteiger partial charge in [0, 0.05) is 6.20 Å². The van der Waals surface area contributed by atoms with Crippen molar-refractivity contribution < 1.29 is 22.7 Å². The summed E-state index contributed by atoms with van der Waals surface area (Å²) in [5.74, 6) is -0.633. The highest BCUT2D eigenvalue weighted by Crippen LogP contribution is 2.33. The number of methoxy groups -OCH3 is 1. The normalized spacial score (nSPS) is 11.1. The summed E-state index contributed by atoms with van der Waals surface area (Å²) in [4.78, 5) is 15.9. The van der Waals surface area contributed by atoms with Gasteiger partial charge < -0.3 is 9.47 Å². The van der Waals surface area contributed by atoms with Crippen LogP contribution in [0.4, 0.5) is 5.69 Å². The lowest BCUT2D eigenvalue weighted by Crippen LogP contribution is -2.14. The maximum Gasteiger partial charge on any atom is 0.341 e. The third kappa shape index (κ3) is 4.96. The lowest BCUT2D eigenvalue weighted by molar-refractivity contribution is 0.0598. The van der Waals surface area contributed by atoms with Gasteiger partial charge in [-0.1, -0.05) is 46.9 Å². The topological polar surface area (TPSA) is 94.6 Å². The molecule has 0 bridgehead atoms. The van der Waals surface area contributed by atoms with Crippen molar-refractivity contribution in [3.05, 3.63) is 75.4 Å². The molecule has 1 aromatic heterocycles. The zero-order chi connectivity index (χ0) is 21.9. The second kappa shape index (κ2) is 9.09. The van der Waals surface area contributed by atoms with Crippen LogP contribution < -0.4 is 9.46 Å². The SMILES string of the molecule is COC(=O)c1ccccc1Oc1ncc(Cl)cc1NS(=O)(=O)c1ccc(Cl)c(Cl)c1. The highest BCUT2D eigenvalue weighted by molar-refractivity contribution is 7.92. The van der Waals surface area contributed by atoms with E-state index in [9.17, 15) is 13.2 Å². The Bertz CT molecular complexity index is 1220. The smallest absolute Gasteiger partial charge is 0.341 e. The Morgan fingerprint density at radius 2 is 1.77 bits per heavy atom. The minimum Gasteiger partial charge on any atom is -0.465 e. The number of ether oxygens (including phenoxy) is 2. The van der Waals surface area contributed by atoms with Gasteiger partial charge in [0.05, 0.1) is 27.1 Å². The maximum absolute atomic E-state index is 12.8. The molecule has 11 heteroatoms. The Balaban J connectivity index is 1.99. The summed E-state index contributed by atoms with van der Waals surface area (Å²) in [5.41, 5.74) is 0.0864. The van der Waals surface area contributed by atoms with Crippen molar-refractivity contribution in [1.82, 2.24) is 4.98 Å². The molecule has 0 radical (unpaired) electrons. The molecule has 1 heterocycles. The van der Waals surface area contributed by atoms with Gasteiger partial charge in [0.15, 0.2) is 0 Å². The molecule has 0 unspecified atom stereocenters. The molecular weight excluding hydrogens is 475 g/mol. The summed E-state index contributed by atoms with van der Waals surface area (Å²) >= 11 is 17.7. The molecule has 2 aromatic carbocycles. The molecule has 0 saturated carbocycles. The Morgan fingerprint density at radius 3 is 2.47 bits per heavy atom. The first-order chi connectivity index (χ1) is 14.2. The molecule has 3 rings (SSSR count). The van der Waals surface area contributed by atoms with Gasteiger partial charge in [-0.15, -0.1) is 0 Å². The number of para-hydroxylation sites is 1. The Labute approximate surface area is 187 Å². The minimum atomic E-state index is -4.08. The summed E-state index contributed by atoms with van der Waals surface area (Å²) in [5, 5.41) is 0.450. The zero-order valence-corrected chi connectivity index (χ0v) is 18.3. The molecule has 0 saturated heterocycles. The van der Waals surface area contributed by atoms with Crippen molar-refractivity contribution >= 4 is 56.5 Å². The molecule has 30 heavy (non-hydrogen) atoms. The first-order valence-corrected chi connectivity index (χ1v) is 10.8. The van der Waals surface area contributed by atoms with E-state index in [2.05, 4.69) is 9.71 Å². The van der Waals surface area contributed by atoms with E-state index in [4.69, 9.17) is 44.3 Å². The summed E-state index contributed by atoms with van der Waals surface area (Å²) in [7, 11) is -2.85. The van der Waals surface area contributed by atoms with Gasteiger partial charge in [0.2, 0.25) is 5.88 Å². The van der Waals surface area contributed by atoms with E-state index in [-0.39, 0.29) is 42.8 Å². The largest absolute Gasteiger partial charge is 0.465 e. The van der Waals surface area contributed by atoms with Crippen LogP contribution in [0.25, 0.3) is 0 Å². The Hall–Kier alpha value is -2.52. The van der Waals surface area contributed by atoms with Crippen LogP contribution in [-0.4, -0.2) is 26.5 Å². The molecule has 7 nitrogen and oxygen atoms in total. The molecule has 0 amide bonds. The molecule has 1 N–H and O–H groups in total. The van der Waals surface area contributed by atoms with E-state index in [0.29, 0.717) is 0 Å². The maximum atomic E-state index is 12.8. The molecule has 0 aliphatic carbocycles. The van der Waals surface area contributed by atoms with Gasteiger partial charge in [-0.05, 0) is 36.4 Å². The number of nitrogens with zero attached hydrogens (tertiary/aromatic N) is 1. The second-order valence-corrected chi connectivity index (χ2v) is 8.71. The number of pyridine rings is 1. The van der Waals surface area contributed by atoms with E-state index < -0.39 is 16.0 Å². The Kier molecular flexibility index (Phi) is 6.72. The second-order valence-electron chi connectivity index (χ2n) is 5.78. The van der Waals surface area contributed by atoms with Gasteiger partial charge in [0.1, 0.15) is 17.0 Å². The molecule has 0 aliphatic rings. The van der Waals surface area contributed by atoms with Crippen LogP contribution in [0.15, 0.2) is 59.6 Å². The van der Waals surface area contributed by atoms with Crippen LogP contribution in [0, 0.1) is 0 Å². The van der Waals surface area contributed by atoms with Gasteiger partial charge in [0.25, 0.3) is 10.0 Å². The van der Waals surface area contributed by atoms with Gasteiger partial charge in [-0.2, -0.15) is 0 Å². The van der Waals surface area contributed by atoms with Crippen LogP contribution >= 0.6 is 34.8 Å². The number of hydrogen-bond acceptors (Lipinski definition) is 6. The fourth-order valence-corrected chi connectivity index (χ4v) is 3.96. The summed E-state index contributed by atoms with van der Waals surface area (Å²) in [6, 6.07) is 11.5. The van der Waals surface area contributed by atoms with Crippen molar-refractivity contribution in [3.8, 4) is 11.6 Å². The molecule has 3 aromatic rings. The van der Waals surface area contributed by atoms with Crippen LogP contribution in [-0.2, 0) is 14.8 Å². The number of rotatable bonds is 6. The lowest BCUT2D eigenvalue weighted by atomic mass is 10.2. The fraction of sp³-hybridized carbons (Fsp3) is 0.0526. The number of sulfonamides is 1.